The molecule has 0 spiro atoms. The number of hydrogen-bond donors (Lipinski definition) is 2. The molecule has 6 nitrogen and oxygen atoms in total. The van der Waals surface area contributed by atoms with Crippen molar-refractivity contribution in [3.05, 3.63) is 35.4 Å². The molecule has 2 aliphatic rings. The highest BCUT2D eigenvalue weighted by Crippen LogP contribution is 2.18. The lowest BCUT2D eigenvalue weighted by Gasteiger charge is -2.36. The van der Waals surface area contributed by atoms with E-state index in [1.54, 1.807) is 7.05 Å². The molecule has 142 valence electrons. The van der Waals surface area contributed by atoms with Crippen LogP contribution in [0.3, 0.4) is 0 Å². The number of guanidine groups is 1. The van der Waals surface area contributed by atoms with E-state index in [2.05, 4.69) is 25.4 Å². The van der Waals surface area contributed by atoms with E-state index in [1.807, 2.05) is 0 Å². The van der Waals surface area contributed by atoms with E-state index in [0.717, 1.165) is 51.2 Å². The zero-order valence-electron chi connectivity index (χ0n) is 15.0. The van der Waals surface area contributed by atoms with Crippen molar-refractivity contribution < 1.29 is 13.6 Å². The van der Waals surface area contributed by atoms with Crippen LogP contribution in [-0.2, 0) is 11.3 Å². The molecule has 26 heavy (non-hydrogen) atoms. The molecule has 1 saturated carbocycles. The molecule has 0 bridgehead atoms. The first-order valence-corrected chi connectivity index (χ1v) is 8.96. The van der Waals surface area contributed by atoms with E-state index in [9.17, 15) is 13.6 Å². The normalized spacial score (nSPS) is 18.7. The number of carbonyl (C=O) groups excluding carboxylic acids is 1. The molecule has 0 unspecified atom stereocenters. The maximum Gasteiger partial charge on any atom is 0.234 e. The highest BCUT2D eigenvalue weighted by Gasteiger charge is 2.25. The zero-order valence-corrected chi connectivity index (χ0v) is 15.0. The van der Waals surface area contributed by atoms with Gasteiger partial charge in [-0.3, -0.25) is 14.7 Å². The number of carbonyl (C=O) groups is 1. The molecule has 8 heteroatoms. The maximum absolute atomic E-state index is 13.7. The SMILES string of the molecule is CN=C(NCc1cc(F)ccc1F)N1CCN(CC(=O)NC2CC2)CC1. The van der Waals surface area contributed by atoms with Crippen LogP contribution in [0.5, 0.6) is 0 Å². The monoisotopic (exact) mass is 365 g/mol. The summed E-state index contributed by atoms with van der Waals surface area (Å²) in [7, 11) is 1.67. The molecule has 2 fully saturated rings. The van der Waals surface area contributed by atoms with E-state index in [-0.39, 0.29) is 18.0 Å². The van der Waals surface area contributed by atoms with Crippen molar-refractivity contribution in [2.45, 2.75) is 25.4 Å². The molecule has 1 saturated heterocycles. The van der Waals surface area contributed by atoms with Gasteiger partial charge in [-0.25, -0.2) is 8.78 Å². The molecule has 1 aromatic carbocycles. The van der Waals surface area contributed by atoms with Gasteiger partial charge in [0.2, 0.25) is 5.91 Å². The largest absolute Gasteiger partial charge is 0.352 e. The third-order valence-corrected chi connectivity index (χ3v) is 4.64. The Morgan fingerprint density at radius 1 is 1.23 bits per heavy atom. The Kier molecular flexibility index (Phi) is 6.03. The molecule has 3 rings (SSSR count). The van der Waals surface area contributed by atoms with Gasteiger partial charge in [0.15, 0.2) is 5.96 Å². The van der Waals surface area contributed by atoms with Gasteiger partial charge in [0.05, 0.1) is 6.54 Å². The van der Waals surface area contributed by atoms with Crippen molar-refractivity contribution >= 4 is 11.9 Å². The number of amides is 1. The first-order chi connectivity index (χ1) is 12.5. The van der Waals surface area contributed by atoms with Crippen LogP contribution in [0.2, 0.25) is 0 Å². The van der Waals surface area contributed by atoms with Crippen molar-refractivity contribution in [3.63, 3.8) is 0 Å². The van der Waals surface area contributed by atoms with Gasteiger partial charge in [-0.15, -0.1) is 0 Å². The molecule has 1 aliphatic heterocycles. The summed E-state index contributed by atoms with van der Waals surface area (Å²) in [6, 6.07) is 3.80. The smallest absolute Gasteiger partial charge is 0.234 e. The van der Waals surface area contributed by atoms with Crippen LogP contribution in [0, 0.1) is 11.6 Å². The lowest BCUT2D eigenvalue weighted by molar-refractivity contribution is -0.122. The molecule has 0 atom stereocenters. The minimum Gasteiger partial charge on any atom is -0.352 e. The quantitative estimate of drug-likeness (QED) is 0.602. The second-order valence-corrected chi connectivity index (χ2v) is 6.74. The van der Waals surface area contributed by atoms with Crippen LogP contribution >= 0.6 is 0 Å². The van der Waals surface area contributed by atoms with Gasteiger partial charge in [0.1, 0.15) is 11.6 Å². The summed E-state index contributed by atoms with van der Waals surface area (Å²) in [5.74, 6) is -0.169. The average Bonchev–Trinajstić information content (AvgIpc) is 3.43. The van der Waals surface area contributed by atoms with Crippen LogP contribution in [0.25, 0.3) is 0 Å². The predicted molar refractivity (Wildman–Crippen MR) is 95.7 cm³/mol. The molecule has 1 amide bonds. The van der Waals surface area contributed by atoms with Crippen LogP contribution in [0.1, 0.15) is 18.4 Å². The van der Waals surface area contributed by atoms with Gasteiger partial charge in [0, 0.05) is 51.4 Å². The predicted octanol–water partition coefficient (Wildman–Crippen LogP) is 0.936. The van der Waals surface area contributed by atoms with Gasteiger partial charge in [-0.1, -0.05) is 0 Å². The second kappa shape index (κ2) is 8.44. The summed E-state index contributed by atoms with van der Waals surface area (Å²) in [5, 5.41) is 6.08. The van der Waals surface area contributed by atoms with Crippen molar-refractivity contribution in [2.75, 3.05) is 39.8 Å². The summed E-state index contributed by atoms with van der Waals surface area (Å²) in [6.07, 6.45) is 2.18. The van der Waals surface area contributed by atoms with Crippen LogP contribution < -0.4 is 10.6 Å². The minimum absolute atomic E-state index is 0.0880. The molecular formula is C18H25F2N5O. The summed E-state index contributed by atoms with van der Waals surface area (Å²) >= 11 is 0. The van der Waals surface area contributed by atoms with Gasteiger partial charge in [0.25, 0.3) is 0 Å². The molecule has 0 aromatic heterocycles. The Balaban J connectivity index is 1.45. The Hall–Kier alpha value is -2.22. The third kappa shape index (κ3) is 5.14. The van der Waals surface area contributed by atoms with Crippen molar-refractivity contribution in [1.82, 2.24) is 20.4 Å². The van der Waals surface area contributed by atoms with Crippen LogP contribution in [0.15, 0.2) is 23.2 Å². The Bertz CT molecular complexity index is 670. The lowest BCUT2D eigenvalue weighted by atomic mass is 10.2. The minimum atomic E-state index is -0.462. The molecule has 2 N–H and O–H groups in total. The number of piperazine rings is 1. The first kappa shape index (κ1) is 18.6. The summed E-state index contributed by atoms with van der Waals surface area (Å²) < 4.78 is 27.0. The number of benzene rings is 1. The number of aliphatic imine (C=N–C) groups is 1. The average molecular weight is 365 g/mol. The van der Waals surface area contributed by atoms with Gasteiger partial charge in [-0.2, -0.15) is 0 Å². The number of halogens is 2. The van der Waals surface area contributed by atoms with Crippen molar-refractivity contribution in [3.8, 4) is 0 Å². The van der Waals surface area contributed by atoms with Crippen LogP contribution in [-0.4, -0.2) is 67.5 Å². The fourth-order valence-electron chi connectivity index (χ4n) is 3.01. The summed E-state index contributed by atoms with van der Waals surface area (Å²) in [5.41, 5.74) is 0.265. The molecule has 0 radical (unpaired) electrons. The number of nitrogens with zero attached hydrogens (tertiary/aromatic N) is 3. The fourth-order valence-corrected chi connectivity index (χ4v) is 3.01. The molecule has 1 aromatic rings. The Labute approximate surface area is 152 Å². The zero-order chi connectivity index (χ0) is 18.5. The van der Waals surface area contributed by atoms with Crippen LogP contribution in [0.4, 0.5) is 8.78 Å². The van der Waals surface area contributed by atoms with Gasteiger partial charge < -0.3 is 15.5 Å². The van der Waals surface area contributed by atoms with Gasteiger partial charge in [-0.05, 0) is 31.0 Å². The Morgan fingerprint density at radius 2 is 1.96 bits per heavy atom. The first-order valence-electron chi connectivity index (χ1n) is 8.96. The molecular weight excluding hydrogens is 340 g/mol. The van der Waals surface area contributed by atoms with Crippen molar-refractivity contribution in [2.24, 2.45) is 4.99 Å². The van der Waals surface area contributed by atoms with E-state index in [0.29, 0.717) is 18.5 Å². The topological polar surface area (TPSA) is 60.0 Å². The number of hydrogen-bond acceptors (Lipinski definition) is 3. The summed E-state index contributed by atoms with van der Waals surface area (Å²) in [6.45, 7) is 3.55. The molecule has 1 aliphatic carbocycles. The van der Waals surface area contributed by atoms with Crippen molar-refractivity contribution in [1.29, 1.82) is 0 Å². The maximum atomic E-state index is 13.7. The van der Waals surface area contributed by atoms with E-state index in [1.165, 1.54) is 6.07 Å². The highest BCUT2D eigenvalue weighted by atomic mass is 19.1. The number of nitrogens with one attached hydrogen (secondary N) is 2. The fraction of sp³-hybridized carbons (Fsp3) is 0.556. The molecule has 1 heterocycles. The Morgan fingerprint density at radius 3 is 2.62 bits per heavy atom. The second-order valence-electron chi connectivity index (χ2n) is 6.74. The third-order valence-electron chi connectivity index (χ3n) is 4.64. The van der Waals surface area contributed by atoms with E-state index >= 15 is 0 Å². The van der Waals surface area contributed by atoms with Gasteiger partial charge >= 0.3 is 0 Å². The van der Waals surface area contributed by atoms with E-state index < -0.39 is 11.6 Å². The highest BCUT2D eigenvalue weighted by molar-refractivity contribution is 5.80. The van der Waals surface area contributed by atoms with E-state index in [4.69, 9.17) is 0 Å². The summed E-state index contributed by atoms with van der Waals surface area (Å²) in [4.78, 5) is 20.3. The standard InChI is InChI=1S/C18H25F2N5O/c1-21-18(22-11-13-10-14(19)2-5-16(13)20)25-8-6-24(7-9-25)12-17(26)23-15-3-4-15/h2,5,10,15H,3-4,6-9,11-12H2,1H3,(H,21,22)(H,23,26). The lowest BCUT2D eigenvalue weighted by Crippen LogP contribution is -2.54. The number of rotatable bonds is 5.